The number of aromatic nitrogens is 2. The van der Waals surface area contributed by atoms with Crippen LogP contribution in [0.25, 0.3) is 0 Å². The number of rotatable bonds is 3. The molecule has 0 bridgehead atoms. The molecular weight excluding hydrogens is 265 g/mol. The molecule has 98 valence electrons. The van der Waals surface area contributed by atoms with Crippen LogP contribution in [0, 0.1) is 12.7 Å². The summed E-state index contributed by atoms with van der Waals surface area (Å²) < 4.78 is 13.0. The highest BCUT2D eigenvalue weighted by Gasteiger charge is 2.12. The Morgan fingerprint density at radius 2 is 2.21 bits per heavy atom. The summed E-state index contributed by atoms with van der Waals surface area (Å²) in [7, 11) is 0. The Hall–Kier alpha value is -1.95. The van der Waals surface area contributed by atoms with Crippen LogP contribution in [-0.4, -0.2) is 22.1 Å². The van der Waals surface area contributed by atoms with Crippen LogP contribution in [0.1, 0.15) is 16.1 Å². The summed E-state index contributed by atoms with van der Waals surface area (Å²) in [5.74, 6) is -0.751. The second-order valence-electron chi connectivity index (χ2n) is 3.82. The molecule has 1 heterocycles. The molecule has 0 spiro atoms. The molecule has 2 rings (SSSR count). The Morgan fingerprint density at radius 1 is 1.42 bits per heavy atom. The summed E-state index contributed by atoms with van der Waals surface area (Å²) in [6.45, 7) is 1.74. The van der Waals surface area contributed by atoms with Crippen molar-refractivity contribution in [2.24, 2.45) is 0 Å². The number of nitrogens with one attached hydrogen (secondary N) is 1. The predicted octanol–water partition coefficient (Wildman–Crippen LogP) is 2.90. The Bertz CT molecular complexity index is 619. The number of carbonyl (C=O) groups excluding carboxylic acids is 1. The smallest absolute Gasteiger partial charge is 0.259 e. The summed E-state index contributed by atoms with van der Waals surface area (Å²) in [6, 6.07) is 5.72. The predicted molar refractivity (Wildman–Crippen MR) is 72.9 cm³/mol. The average molecular weight is 277 g/mol. The normalized spacial score (nSPS) is 10.3. The number of halogens is 1. The van der Waals surface area contributed by atoms with Crippen molar-refractivity contribution >= 4 is 23.4 Å². The number of nitrogens with zero attached hydrogens (tertiary/aromatic N) is 2. The molecule has 1 amide bonds. The van der Waals surface area contributed by atoms with E-state index in [1.54, 1.807) is 13.0 Å². The SMILES string of the molecule is CSc1ncc(C(=O)Nc2cccc(F)c2)c(C)n1. The van der Waals surface area contributed by atoms with E-state index in [0.717, 1.165) is 0 Å². The first-order valence-electron chi connectivity index (χ1n) is 5.54. The summed E-state index contributed by atoms with van der Waals surface area (Å²) in [4.78, 5) is 20.3. The van der Waals surface area contributed by atoms with Gasteiger partial charge in [-0.25, -0.2) is 14.4 Å². The fourth-order valence-corrected chi connectivity index (χ4v) is 1.92. The van der Waals surface area contributed by atoms with Gasteiger partial charge in [-0.05, 0) is 31.4 Å². The number of thioether (sulfide) groups is 1. The standard InChI is InChI=1S/C13H12FN3OS/c1-8-11(7-15-13(16-8)19-2)12(18)17-10-5-3-4-9(14)6-10/h3-7H,1-2H3,(H,17,18). The van der Waals surface area contributed by atoms with Crippen molar-refractivity contribution in [2.75, 3.05) is 11.6 Å². The van der Waals surface area contributed by atoms with Gasteiger partial charge in [0.15, 0.2) is 5.16 Å². The van der Waals surface area contributed by atoms with E-state index in [-0.39, 0.29) is 5.91 Å². The first kappa shape index (κ1) is 13.5. The zero-order chi connectivity index (χ0) is 13.8. The van der Waals surface area contributed by atoms with E-state index in [0.29, 0.717) is 22.1 Å². The van der Waals surface area contributed by atoms with Crippen LogP contribution in [0.5, 0.6) is 0 Å². The van der Waals surface area contributed by atoms with Crippen molar-refractivity contribution < 1.29 is 9.18 Å². The van der Waals surface area contributed by atoms with E-state index in [9.17, 15) is 9.18 Å². The molecule has 19 heavy (non-hydrogen) atoms. The molecule has 0 saturated carbocycles. The Balaban J connectivity index is 2.20. The molecule has 2 aromatic rings. The molecule has 0 fully saturated rings. The molecule has 0 aliphatic heterocycles. The van der Waals surface area contributed by atoms with Gasteiger partial charge in [-0.15, -0.1) is 0 Å². The fourth-order valence-electron chi connectivity index (χ4n) is 1.53. The third kappa shape index (κ3) is 3.29. The van der Waals surface area contributed by atoms with E-state index in [1.807, 2.05) is 6.26 Å². The Morgan fingerprint density at radius 3 is 2.84 bits per heavy atom. The lowest BCUT2D eigenvalue weighted by molar-refractivity contribution is 0.102. The van der Waals surface area contributed by atoms with Gasteiger partial charge in [0.1, 0.15) is 5.82 Å². The average Bonchev–Trinajstić information content (AvgIpc) is 2.38. The van der Waals surface area contributed by atoms with Gasteiger partial charge in [0, 0.05) is 11.9 Å². The maximum Gasteiger partial charge on any atom is 0.259 e. The van der Waals surface area contributed by atoms with Crippen molar-refractivity contribution in [1.82, 2.24) is 9.97 Å². The molecule has 0 atom stereocenters. The zero-order valence-electron chi connectivity index (χ0n) is 10.5. The van der Waals surface area contributed by atoms with E-state index in [4.69, 9.17) is 0 Å². The maximum absolute atomic E-state index is 13.0. The molecule has 1 N–H and O–H groups in total. The summed E-state index contributed by atoms with van der Waals surface area (Å²) in [6.07, 6.45) is 3.34. The van der Waals surface area contributed by atoms with Crippen LogP contribution in [0.15, 0.2) is 35.6 Å². The van der Waals surface area contributed by atoms with Crippen LogP contribution in [0.3, 0.4) is 0 Å². The third-order valence-corrected chi connectivity index (χ3v) is 3.03. The Kier molecular flexibility index (Phi) is 4.11. The largest absolute Gasteiger partial charge is 0.322 e. The molecule has 0 radical (unpaired) electrons. The van der Waals surface area contributed by atoms with Gasteiger partial charge in [0.25, 0.3) is 5.91 Å². The lowest BCUT2D eigenvalue weighted by atomic mass is 10.2. The quantitative estimate of drug-likeness (QED) is 0.692. The molecule has 0 saturated heterocycles. The van der Waals surface area contributed by atoms with Gasteiger partial charge >= 0.3 is 0 Å². The highest BCUT2D eigenvalue weighted by Crippen LogP contribution is 2.14. The van der Waals surface area contributed by atoms with E-state index < -0.39 is 5.82 Å². The number of amides is 1. The lowest BCUT2D eigenvalue weighted by Gasteiger charge is -2.07. The van der Waals surface area contributed by atoms with Crippen LogP contribution in [-0.2, 0) is 0 Å². The van der Waals surface area contributed by atoms with Crippen molar-refractivity contribution in [3.05, 3.63) is 47.5 Å². The topological polar surface area (TPSA) is 54.9 Å². The number of hydrogen-bond acceptors (Lipinski definition) is 4. The number of aryl methyl sites for hydroxylation is 1. The minimum absolute atomic E-state index is 0.351. The zero-order valence-corrected chi connectivity index (χ0v) is 11.3. The summed E-state index contributed by atoms with van der Waals surface area (Å²) in [5.41, 5.74) is 1.37. The van der Waals surface area contributed by atoms with Gasteiger partial charge in [-0.3, -0.25) is 4.79 Å². The highest BCUT2D eigenvalue weighted by atomic mass is 32.2. The molecule has 1 aromatic carbocycles. The van der Waals surface area contributed by atoms with Crippen molar-refractivity contribution in [3.8, 4) is 0 Å². The summed E-state index contributed by atoms with van der Waals surface area (Å²) >= 11 is 1.41. The fraction of sp³-hybridized carbons (Fsp3) is 0.154. The summed E-state index contributed by atoms with van der Waals surface area (Å²) in [5, 5.41) is 3.22. The van der Waals surface area contributed by atoms with E-state index >= 15 is 0 Å². The lowest BCUT2D eigenvalue weighted by Crippen LogP contribution is -2.15. The van der Waals surface area contributed by atoms with Gasteiger partial charge in [-0.2, -0.15) is 0 Å². The number of benzene rings is 1. The maximum atomic E-state index is 13.0. The second kappa shape index (κ2) is 5.79. The van der Waals surface area contributed by atoms with E-state index in [1.165, 1.54) is 36.2 Å². The number of hydrogen-bond donors (Lipinski definition) is 1. The van der Waals surface area contributed by atoms with Crippen LogP contribution in [0.2, 0.25) is 0 Å². The first-order chi connectivity index (χ1) is 9.10. The molecule has 0 aliphatic carbocycles. The van der Waals surface area contributed by atoms with Crippen LogP contribution >= 0.6 is 11.8 Å². The van der Waals surface area contributed by atoms with E-state index in [2.05, 4.69) is 15.3 Å². The second-order valence-corrected chi connectivity index (χ2v) is 4.59. The van der Waals surface area contributed by atoms with Crippen molar-refractivity contribution in [3.63, 3.8) is 0 Å². The van der Waals surface area contributed by atoms with Gasteiger partial charge in [0.2, 0.25) is 0 Å². The third-order valence-electron chi connectivity index (χ3n) is 2.47. The van der Waals surface area contributed by atoms with Crippen LogP contribution < -0.4 is 5.32 Å². The van der Waals surface area contributed by atoms with Crippen LogP contribution in [0.4, 0.5) is 10.1 Å². The van der Waals surface area contributed by atoms with Crippen molar-refractivity contribution in [2.45, 2.75) is 12.1 Å². The first-order valence-corrected chi connectivity index (χ1v) is 6.77. The molecular formula is C13H12FN3OS. The molecule has 0 unspecified atom stereocenters. The minimum Gasteiger partial charge on any atom is -0.322 e. The Labute approximate surface area is 114 Å². The monoisotopic (exact) mass is 277 g/mol. The highest BCUT2D eigenvalue weighted by molar-refractivity contribution is 7.98. The van der Waals surface area contributed by atoms with Crippen molar-refractivity contribution in [1.29, 1.82) is 0 Å². The minimum atomic E-state index is -0.400. The van der Waals surface area contributed by atoms with Gasteiger partial charge in [0.05, 0.1) is 11.3 Å². The van der Waals surface area contributed by atoms with Gasteiger partial charge < -0.3 is 5.32 Å². The molecule has 1 aromatic heterocycles. The molecule has 4 nitrogen and oxygen atoms in total. The number of carbonyl (C=O) groups is 1. The molecule has 0 aliphatic rings. The van der Waals surface area contributed by atoms with Gasteiger partial charge in [-0.1, -0.05) is 17.8 Å². The number of anilines is 1. The molecule has 6 heteroatoms.